The van der Waals surface area contributed by atoms with Crippen molar-refractivity contribution in [1.29, 1.82) is 0 Å². The minimum atomic E-state index is -0.283. The van der Waals surface area contributed by atoms with Gasteiger partial charge in [-0.3, -0.25) is 19.3 Å². The predicted molar refractivity (Wildman–Crippen MR) is 64.4 cm³/mol. The summed E-state index contributed by atoms with van der Waals surface area (Å²) in [5.74, 6) is -0.727. The lowest BCUT2D eigenvalue weighted by Crippen LogP contribution is -2.30. The van der Waals surface area contributed by atoms with Crippen LogP contribution in [0.3, 0.4) is 0 Å². The molecule has 0 fully saturated rings. The van der Waals surface area contributed by atoms with Gasteiger partial charge in [0.1, 0.15) is 6.61 Å². The van der Waals surface area contributed by atoms with Gasteiger partial charge in [-0.05, 0) is 17.4 Å². The molecule has 0 aromatic heterocycles. The van der Waals surface area contributed by atoms with Gasteiger partial charge in [0.15, 0.2) is 0 Å². The van der Waals surface area contributed by atoms with Gasteiger partial charge in [0.05, 0.1) is 0 Å². The quantitative estimate of drug-likeness (QED) is 0.489. The van der Waals surface area contributed by atoms with E-state index in [1.807, 2.05) is 0 Å². The van der Waals surface area contributed by atoms with E-state index in [1.165, 1.54) is 17.1 Å². The molecule has 1 aliphatic rings. The lowest BCUT2D eigenvalue weighted by atomic mass is 10.2. The van der Waals surface area contributed by atoms with Crippen LogP contribution in [0.5, 0.6) is 0 Å². The van der Waals surface area contributed by atoms with Crippen molar-refractivity contribution < 1.29 is 23.9 Å². The number of carbonyl (C=O) groups excluding carboxylic acids is 3. The fourth-order valence-electron chi connectivity index (χ4n) is 1.70. The monoisotopic (exact) mass is 272 g/mol. The Morgan fingerprint density at radius 3 is 2.53 bits per heavy atom. The molecule has 6 nitrogen and oxygen atoms in total. The Morgan fingerprint density at radius 1 is 1.21 bits per heavy atom. The van der Waals surface area contributed by atoms with Crippen LogP contribution in [0.2, 0.25) is 0 Å². The topological polar surface area (TPSA) is 75.7 Å². The van der Waals surface area contributed by atoms with Crippen molar-refractivity contribution >= 4 is 17.7 Å². The van der Waals surface area contributed by atoms with Crippen LogP contribution < -0.4 is 5.32 Å². The Bertz CT molecular complexity index is 353. The minimum Gasteiger partial charge on any atom is -0.354 e. The molecule has 0 bridgehead atoms. The number of hydrogen-bond acceptors (Lipinski definition) is 4. The third-order valence-corrected chi connectivity index (χ3v) is 2.69. The van der Waals surface area contributed by atoms with Gasteiger partial charge in [-0.25, -0.2) is 0 Å². The van der Waals surface area contributed by atoms with Crippen LogP contribution in [0.15, 0.2) is 12.2 Å². The molecule has 3 amide bonds. The number of amides is 3. The van der Waals surface area contributed by atoms with Gasteiger partial charge in [-0.2, -0.15) is 4.94 Å². The summed E-state index contributed by atoms with van der Waals surface area (Å²) >= 11 is 0. The van der Waals surface area contributed by atoms with Crippen molar-refractivity contribution in [3.63, 3.8) is 0 Å². The molecule has 106 valence electrons. The number of carbonyl (C=O) groups is 3. The maximum Gasteiger partial charge on any atom is 0.253 e. The van der Waals surface area contributed by atoms with Crippen molar-refractivity contribution in [2.75, 3.05) is 19.7 Å². The number of unbranched alkanes of at least 4 members (excludes halogenated alkanes) is 2. The highest BCUT2D eigenvalue weighted by atomic mass is 19.3. The van der Waals surface area contributed by atoms with E-state index < -0.39 is 0 Å². The third-order valence-electron chi connectivity index (χ3n) is 2.69. The molecule has 19 heavy (non-hydrogen) atoms. The molecule has 0 radical (unpaired) electrons. The fourth-order valence-corrected chi connectivity index (χ4v) is 1.70. The molecule has 7 heteroatoms. The molecular formula is C12H17FN2O4. The molecule has 1 N–H and O–H groups in total. The van der Waals surface area contributed by atoms with Crippen LogP contribution in [-0.2, 0) is 19.3 Å². The first kappa shape index (κ1) is 15.3. The van der Waals surface area contributed by atoms with Crippen molar-refractivity contribution in [3.05, 3.63) is 12.2 Å². The highest BCUT2D eigenvalue weighted by molar-refractivity contribution is 6.12. The van der Waals surface area contributed by atoms with E-state index in [-0.39, 0.29) is 30.9 Å². The maximum atomic E-state index is 11.3. The Hall–Kier alpha value is -1.76. The Kier molecular flexibility index (Phi) is 6.73. The third kappa shape index (κ3) is 5.60. The van der Waals surface area contributed by atoms with Crippen LogP contribution in [0, 0.1) is 0 Å². The summed E-state index contributed by atoms with van der Waals surface area (Å²) in [4.78, 5) is 38.2. The second-order valence-electron chi connectivity index (χ2n) is 4.14. The molecule has 1 aliphatic heterocycles. The van der Waals surface area contributed by atoms with Gasteiger partial charge in [-0.15, -0.1) is 0 Å². The van der Waals surface area contributed by atoms with E-state index in [4.69, 9.17) is 0 Å². The number of nitrogens with zero attached hydrogens (tertiary/aromatic N) is 1. The largest absolute Gasteiger partial charge is 0.354 e. The number of halogens is 1. The average Bonchev–Trinajstić information content (AvgIpc) is 2.70. The summed E-state index contributed by atoms with van der Waals surface area (Å²) in [7, 11) is 0. The van der Waals surface area contributed by atoms with E-state index in [1.54, 1.807) is 0 Å². The molecule has 0 spiro atoms. The SMILES string of the molecule is O=C(CCCCCN1C(=O)C=CC1=O)NCCOF. The predicted octanol–water partition coefficient (Wildman–Crippen LogP) is 0.489. The molecule has 0 aromatic rings. The summed E-state index contributed by atoms with van der Waals surface area (Å²) < 4.78 is 11.3. The first-order valence-electron chi connectivity index (χ1n) is 6.19. The maximum absolute atomic E-state index is 11.3. The summed E-state index contributed by atoms with van der Waals surface area (Å²) in [6.45, 7) is 0.373. The van der Waals surface area contributed by atoms with Crippen LogP contribution in [0.4, 0.5) is 4.53 Å². The highest BCUT2D eigenvalue weighted by Gasteiger charge is 2.22. The molecular weight excluding hydrogens is 255 g/mol. The van der Waals surface area contributed by atoms with Gasteiger partial charge in [0.25, 0.3) is 11.8 Å². The lowest BCUT2D eigenvalue weighted by Gasteiger charge is -2.12. The van der Waals surface area contributed by atoms with E-state index in [9.17, 15) is 18.9 Å². The van der Waals surface area contributed by atoms with E-state index >= 15 is 0 Å². The molecule has 0 saturated heterocycles. The van der Waals surface area contributed by atoms with E-state index in [0.717, 1.165) is 6.42 Å². The smallest absolute Gasteiger partial charge is 0.253 e. The van der Waals surface area contributed by atoms with Crippen molar-refractivity contribution in [2.24, 2.45) is 0 Å². The number of hydrogen-bond donors (Lipinski definition) is 1. The molecule has 0 unspecified atom stereocenters. The molecule has 0 saturated carbocycles. The lowest BCUT2D eigenvalue weighted by molar-refractivity contribution is -0.137. The van der Waals surface area contributed by atoms with Crippen molar-refractivity contribution in [1.82, 2.24) is 10.2 Å². The number of imide groups is 1. The van der Waals surface area contributed by atoms with Gasteiger partial charge in [0.2, 0.25) is 5.91 Å². The van der Waals surface area contributed by atoms with Crippen LogP contribution in [0.1, 0.15) is 25.7 Å². The zero-order chi connectivity index (χ0) is 14.1. The fraction of sp³-hybridized carbons (Fsp3) is 0.583. The Labute approximate surface area is 110 Å². The van der Waals surface area contributed by atoms with E-state index in [0.29, 0.717) is 25.8 Å². The minimum absolute atomic E-state index is 0.151. The highest BCUT2D eigenvalue weighted by Crippen LogP contribution is 2.07. The second-order valence-corrected chi connectivity index (χ2v) is 4.14. The van der Waals surface area contributed by atoms with Crippen LogP contribution >= 0.6 is 0 Å². The molecule has 0 aromatic carbocycles. The molecule has 1 rings (SSSR count). The van der Waals surface area contributed by atoms with Gasteiger partial charge in [0, 0.05) is 31.7 Å². The summed E-state index contributed by atoms with van der Waals surface area (Å²) in [5.41, 5.74) is 0. The molecule has 1 heterocycles. The average molecular weight is 272 g/mol. The van der Waals surface area contributed by atoms with Gasteiger partial charge < -0.3 is 5.32 Å². The molecule has 0 aliphatic carbocycles. The number of nitrogens with one attached hydrogen (secondary N) is 1. The Morgan fingerprint density at radius 2 is 1.89 bits per heavy atom. The molecule has 0 atom stereocenters. The second kappa shape index (κ2) is 8.36. The van der Waals surface area contributed by atoms with Crippen molar-refractivity contribution in [3.8, 4) is 0 Å². The Balaban J connectivity index is 2.01. The zero-order valence-electron chi connectivity index (χ0n) is 10.6. The first-order chi connectivity index (χ1) is 9.15. The van der Waals surface area contributed by atoms with Gasteiger partial charge in [-0.1, -0.05) is 6.42 Å². The van der Waals surface area contributed by atoms with Crippen LogP contribution in [-0.4, -0.2) is 42.3 Å². The van der Waals surface area contributed by atoms with Crippen molar-refractivity contribution in [2.45, 2.75) is 25.7 Å². The van der Waals surface area contributed by atoms with E-state index in [2.05, 4.69) is 10.3 Å². The number of rotatable bonds is 9. The van der Waals surface area contributed by atoms with Gasteiger partial charge >= 0.3 is 0 Å². The normalized spacial score (nSPS) is 14.3. The summed E-state index contributed by atoms with van der Waals surface area (Å²) in [6, 6.07) is 0. The zero-order valence-corrected chi connectivity index (χ0v) is 10.6. The summed E-state index contributed by atoms with van der Waals surface area (Å²) in [6.07, 6.45) is 4.91. The standard InChI is InChI=1S/C12H17FN2O4/c13-19-9-7-14-10(16)4-2-1-3-8-15-11(17)5-6-12(15)18/h5-6H,1-4,7-9H2,(H,14,16). The van der Waals surface area contributed by atoms with Crippen LogP contribution in [0.25, 0.3) is 0 Å². The first-order valence-corrected chi connectivity index (χ1v) is 6.19. The summed E-state index contributed by atoms with van der Waals surface area (Å²) in [5, 5.41) is 2.50.